The molecular formula is C28H38O11. The van der Waals surface area contributed by atoms with E-state index in [1.165, 1.54) is 27.7 Å². The molecular weight excluding hydrogens is 512 g/mol. The van der Waals surface area contributed by atoms with Crippen LogP contribution in [-0.2, 0) is 52.4 Å². The van der Waals surface area contributed by atoms with Crippen LogP contribution in [0.1, 0.15) is 74.7 Å². The molecule has 4 rings (SSSR count). The molecule has 1 spiro atoms. The number of hydrogen-bond acceptors (Lipinski definition) is 11. The number of carbonyl (C=O) groups is 5. The molecule has 0 aromatic carbocycles. The third-order valence-corrected chi connectivity index (χ3v) is 9.04. The van der Waals surface area contributed by atoms with Gasteiger partial charge in [0.1, 0.15) is 24.4 Å². The van der Waals surface area contributed by atoms with E-state index in [1.807, 2.05) is 20.8 Å². The number of hydrogen-bond donors (Lipinski definition) is 0. The second kappa shape index (κ2) is 9.91. The number of epoxide rings is 1. The van der Waals surface area contributed by atoms with Gasteiger partial charge in [-0.05, 0) is 32.8 Å². The molecule has 11 heteroatoms. The first-order valence-electron chi connectivity index (χ1n) is 13.3. The minimum absolute atomic E-state index is 0.136. The van der Waals surface area contributed by atoms with Crippen LogP contribution in [0.4, 0.5) is 0 Å². The Hall–Kier alpha value is -2.95. The van der Waals surface area contributed by atoms with Crippen LogP contribution in [-0.4, -0.2) is 71.6 Å². The summed E-state index contributed by atoms with van der Waals surface area (Å²) < 4.78 is 35.5. The molecule has 11 nitrogen and oxygen atoms in total. The molecule has 2 heterocycles. The number of fused-ring (bicyclic) bond motifs is 1. The van der Waals surface area contributed by atoms with Crippen molar-refractivity contribution in [3.63, 3.8) is 0 Å². The Morgan fingerprint density at radius 1 is 0.897 bits per heavy atom. The SMILES string of the molecule is CC(=O)O[C@H]1C[C@H](OC(C)=O)[C@@]2(C)[C@H]([C@H]1C)[C@H](OC(C)=O)[C@]13O[C@@]1(C)C(=O)O[C@H]3/C=C(/C)CC[C@H]2OC(C)=O. The zero-order valence-electron chi connectivity index (χ0n) is 23.7. The Kier molecular flexibility index (Phi) is 7.38. The van der Waals surface area contributed by atoms with E-state index >= 15 is 0 Å². The Labute approximate surface area is 227 Å². The molecule has 216 valence electrons. The quantitative estimate of drug-likeness (QED) is 0.220. The summed E-state index contributed by atoms with van der Waals surface area (Å²) in [5, 5.41) is 0. The first-order chi connectivity index (χ1) is 18.1. The van der Waals surface area contributed by atoms with Crippen molar-refractivity contribution in [3.05, 3.63) is 11.6 Å². The number of rotatable bonds is 4. The molecule has 39 heavy (non-hydrogen) atoms. The van der Waals surface area contributed by atoms with Crippen LogP contribution < -0.4 is 0 Å². The van der Waals surface area contributed by atoms with Gasteiger partial charge in [-0.25, -0.2) is 4.79 Å². The molecule has 0 bridgehead atoms. The minimum Gasteiger partial charge on any atom is -0.462 e. The van der Waals surface area contributed by atoms with Crippen LogP contribution in [0.3, 0.4) is 0 Å². The normalized spacial score (nSPS) is 44.2. The lowest BCUT2D eigenvalue weighted by Gasteiger charge is -2.57. The van der Waals surface area contributed by atoms with E-state index in [0.717, 1.165) is 5.57 Å². The van der Waals surface area contributed by atoms with Gasteiger partial charge in [-0.3, -0.25) is 19.2 Å². The van der Waals surface area contributed by atoms with Gasteiger partial charge in [0.2, 0.25) is 0 Å². The van der Waals surface area contributed by atoms with Crippen LogP contribution in [0.25, 0.3) is 0 Å². The van der Waals surface area contributed by atoms with E-state index in [-0.39, 0.29) is 6.42 Å². The maximum atomic E-state index is 13.1. The average Bonchev–Trinajstić information content (AvgIpc) is 3.39. The molecule has 10 atom stereocenters. The molecule has 4 aliphatic rings. The minimum atomic E-state index is -1.41. The molecule has 0 N–H and O–H groups in total. The van der Waals surface area contributed by atoms with Crippen molar-refractivity contribution in [1.29, 1.82) is 0 Å². The Morgan fingerprint density at radius 3 is 2.00 bits per heavy atom. The summed E-state index contributed by atoms with van der Waals surface area (Å²) in [6.07, 6.45) is -1.64. The van der Waals surface area contributed by atoms with Crippen LogP contribution in [0.15, 0.2) is 11.6 Å². The van der Waals surface area contributed by atoms with Gasteiger partial charge >= 0.3 is 29.8 Å². The monoisotopic (exact) mass is 550 g/mol. The summed E-state index contributed by atoms with van der Waals surface area (Å²) in [6, 6.07) is 0. The van der Waals surface area contributed by atoms with Crippen LogP contribution in [0.2, 0.25) is 0 Å². The van der Waals surface area contributed by atoms with Gasteiger partial charge in [-0.1, -0.05) is 19.4 Å². The molecule has 2 saturated heterocycles. The fourth-order valence-electron chi connectivity index (χ4n) is 7.27. The average molecular weight is 551 g/mol. The summed E-state index contributed by atoms with van der Waals surface area (Å²) in [5.41, 5.74) is -3.09. The summed E-state index contributed by atoms with van der Waals surface area (Å²) in [4.78, 5) is 62.6. The van der Waals surface area contributed by atoms with Crippen molar-refractivity contribution in [2.75, 3.05) is 0 Å². The van der Waals surface area contributed by atoms with Crippen molar-refractivity contribution >= 4 is 29.8 Å². The van der Waals surface area contributed by atoms with Crippen molar-refractivity contribution in [1.82, 2.24) is 0 Å². The van der Waals surface area contributed by atoms with Crippen molar-refractivity contribution in [2.45, 2.75) is 116 Å². The highest BCUT2D eigenvalue weighted by Crippen LogP contribution is 2.66. The maximum Gasteiger partial charge on any atom is 0.342 e. The Balaban J connectivity index is 2.01. The molecule has 0 aromatic heterocycles. The van der Waals surface area contributed by atoms with Crippen molar-refractivity contribution in [2.24, 2.45) is 17.3 Å². The van der Waals surface area contributed by atoms with Gasteiger partial charge in [-0.15, -0.1) is 0 Å². The highest BCUT2D eigenvalue weighted by atomic mass is 16.7. The van der Waals surface area contributed by atoms with Gasteiger partial charge < -0.3 is 28.4 Å². The van der Waals surface area contributed by atoms with Gasteiger partial charge in [0, 0.05) is 51.4 Å². The zero-order chi connectivity index (χ0) is 29.1. The maximum absolute atomic E-state index is 13.1. The smallest absolute Gasteiger partial charge is 0.342 e. The number of esters is 5. The van der Waals surface area contributed by atoms with E-state index in [4.69, 9.17) is 28.4 Å². The van der Waals surface area contributed by atoms with Gasteiger partial charge in [0.05, 0.1) is 0 Å². The third kappa shape index (κ3) is 4.62. The summed E-state index contributed by atoms with van der Waals surface area (Å²) in [5.74, 6) is -4.10. The fourth-order valence-corrected chi connectivity index (χ4v) is 7.27. The first-order valence-corrected chi connectivity index (χ1v) is 13.3. The molecule has 2 aliphatic heterocycles. The molecule has 0 unspecified atom stereocenters. The largest absolute Gasteiger partial charge is 0.462 e. The lowest BCUT2D eigenvalue weighted by atomic mass is 9.53. The van der Waals surface area contributed by atoms with Gasteiger partial charge in [-0.2, -0.15) is 0 Å². The predicted molar refractivity (Wildman–Crippen MR) is 133 cm³/mol. The molecule has 1 saturated carbocycles. The Morgan fingerprint density at radius 2 is 1.46 bits per heavy atom. The van der Waals surface area contributed by atoms with Crippen LogP contribution >= 0.6 is 0 Å². The fraction of sp³-hybridized carbons (Fsp3) is 0.750. The van der Waals surface area contributed by atoms with E-state index in [2.05, 4.69) is 0 Å². The molecule has 0 aromatic rings. The number of ether oxygens (including phenoxy) is 6. The first kappa shape index (κ1) is 29.0. The molecule has 0 radical (unpaired) electrons. The molecule has 3 fully saturated rings. The second-order valence-corrected chi connectivity index (χ2v) is 11.7. The number of carbonyl (C=O) groups excluding carboxylic acids is 5. The second-order valence-electron chi connectivity index (χ2n) is 11.7. The predicted octanol–water partition coefficient (Wildman–Crippen LogP) is 2.57. The van der Waals surface area contributed by atoms with E-state index in [1.54, 1.807) is 13.0 Å². The van der Waals surface area contributed by atoms with Crippen molar-refractivity contribution < 1.29 is 52.4 Å². The topological polar surface area (TPSA) is 144 Å². The van der Waals surface area contributed by atoms with Crippen molar-refractivity contribution in [3.8, 4) is 0 Å². The third-order valence-electron chi connectivity index (χ3n) is 9.04. The van der Waals surface area contributed by atoms with E-state index in [0.29, 0.717) is 12.8 Å². The lowest BCUT2D eigenvalue weighted by Crippen LogP contribution is -2.66. The van der Waals surface area contributed by atoms with E-state index < -0.39 is 88.8 Å². The lowest BCUT2D eigenvalue weighted by molar-refractivity contribution is -0.235. The Bertz CT molecular complexity index is 1110. The standard InChI is InChI=1S/C28H38O11/c1-13-9-10-20(35-16(4)30)26(7)21(36-17(5)31)12-19(34-15(3)29)14(2)23(26)24(37-18(6)32)28-22(11-13)38-25(33)27(28,8)39-28/h11,14,19-24H,9-10,12H2,1-8H3/b13-11-/t14-,19-,20+,21-,22-,23+,24-,26-,27-,28-/m0/s1. The van der Waals surface area contributed by atoms with Gasteiger partial charge in [0.15, 0.2) is 17.3 Å². The highest BCUT2D eigenvalue weighted by Gasteiger charge is 2.87. The van der Waals surface area contributed by atoms with Crippen LogP contribution in [0, 0.1) is 17.3 Å². The molecule has 0 amide bonds. The summed E-state index contributed by atoms with van der Waals surface area (Å²) in [7, 11) is 0. The molecule has 2 aliphatic carbocycles. The summed E-state index contributed by atoms with van der Waals surface area (Å²) >= 11 is 0. The van der Waals surface area contributed by atoms with Gasteiger partial charge in [0.25, 0.3) is 0 Å². The zero-order valence-corrected chi connectivity index (χ0v) is 23.7. The summed E-state index contributed by atoms with van der Waals surface area (Å²) in [6.45, 7) is 12.3. The highest BCUT2D eigenvalue weighted by molar-refractivity contribution is 5.89. The van der Waals surface area contributed by atoms with Crippen LogP contribution in [0.5, 0.6) is 0 Å². The number of allylic oxidation sites excluding steroid dienone is 1. The van der Waals surface area contributed by atoms with E-state index in [9.17, 15) is 24.0 Å².